The van der Waals surface area contributed by atoms with E-state index < -0.39 is 0 Å². The van der Waals surface area contributed by atoms with Crippen LogP contribution in [0, 0.1) is 0 Å². The van der Waals surface area contributed by atoms with E-state index in [-0.39, 0.29) is 5.41 Å². The summed E-state index contributed by atoms with van der Waals surface area (Å²) >= 11 is 3.64. The van der Waals surface area contributed by atoms with Crippen molar-refractivity contribution < 1.29 is 0 Å². The third-order valence-electron chi connectivity index (χ3n) is 3.96. The van der Waals surface area contributed by atoms with Crippen LogP contribution >= 0.6 is 15.9 Å². The Morgan fingerprint density at radius 1 is 1.11 bits per heavy atom. The van der Waals surface area contributed by atoms with Crippen molar-refractivity contribution in [2.75, 3.05) is 18.5 Å². The molecule has 2 aromatic carbocycles. The molecule has 1 aliphatic heterocycles. The quantitative estimate of drug-likeness (QED) is 0.727. The van der Waals surface area contributed by atoms with Crippen molar-refractivity contribution >= 4 is 21.6 Å². The third-order valence-corrected chi connectivity index (χ3v) is 4.65. The molecule has 98 valence electrons. The van der Waals surface area contributed by atoms with Gasteiger partial charge in [-0.05, 0) is 28.8 Å². The Bertz CT molecular complexity index is 631. The monoisotopic (exact) mass is 315 g/mol. The van der Waals surface area contributed by atoms with Crippen LogP contribution in [0.15, 0.2) is 46.9 Å². The number of halogens is 1. The lowest BCUT2D eigenvalue weighted by atomic mass is 9.86. The van der Waals surface area contributed by atoms with Gasteiger partial charge >= 0.3 is 0 Å². The molecule has 0 atom stereocenters. The van der Waals surface area contributed by atoms with Crippen LogP contribution < -0.4 is 4.90 Å². The van der Waals surface area contributed by atoms with Gasteiger partial charge < -0.3 is 4.90 Å². The molecule has 0 aromatic heterocycles. The maximum absolute atomic E-state index is 3.64. The van der Waals surface area contributed by atoms with E-state index in [9.17, 15) is 0 Å². The van der Waals surface area contributed by atoms with Crippen molar-refractivity contribution in [3.05, 3.63) is 52.5 Å². The maximum Gasteiger partial charge on any atom is 0.0408 e. The number of hydrogen-bond donors (Lipinski definition) is 0. The van der Waals surface area contributed by atoms with Gasteiger partial charge in [0, 0.05) is 29.2 Å². The predicted octanol–water partition coefficient (Wildman–Crippen LogP) is 4.84. The van der Waals surface area contributed by atoms with Crippen molar-refractivity contribution in [1.29, 1.82) is 0 Å². The second kappa shape index (κ2) is 4.38. The molecule has 0 radical (unpaired) electrons. The average molecular weight is 316 g/mol. The number of rotatable bonds is 1. The molecule has 0 amide bonds. The lowest BCUT2D eigenvalue weighted by molar-refractivity contribution is 0.563. The lowest BCUT2D eigenvalue weighted by Gasteiger charge is -2.18. The number of fused-ring (bicyclic) bond motifs is 1. The first-order chi connectivity index (χ1) is 8.99. The summed E-state index contributed by atoms with van der Waals surface area (Å²) in [7, 11) is 2.18. The van der Waals surface area contributed by atoms with E-state index >= 15 is 0 Å². The molecule has 0 fully saturated rings. The minimum Gasteiger partial charge on any atom is -0.373 e. The van der Waals surface area contributed by atoms with Gasteiger partial charge in [0.1, 0.15) is 0 Å². The van der Waals surface area contributed by atoms with Gasteiger partial charge in [0.2, 0.25) is 0 Å². The fourth-order valence-electron chi connectivity index (χ4n) is 3.05. The van der Waals surface area contributed by atoms with E-state index in [4.69, 9.17) is 0 Å². The number of hydrogen-bond acceptors (Lipinski definition) is 1. The fourth-order valence-corrected chi connectivity index (χ4v) is 3.56. The van der Waals surface area contributed by atoms with Crippen LogP contribution in [-0.4, -0.2) is 13.6 Å². The first-order valence-corrected chi connectivity index (χ1v) is 7.39. The van der Waals surface area contributed by atoms with Gasteiger partial charge in [-0.15, -0.1) is 0 Å². The molecular formula is C17H18BrN. The first kappa shape index (κ1) is 12.7. The first-order valence-electron chi connectivity index (χ1n) is 6.59. The Morgan fingerprint density at radius 3 is 2.58 bits per heavy atom. The molecule has 0 bridgehead atoms. The van der Waals surface area contributed by atoms with Crippen LogP contribution in [0.4, 0.5) is 5.69 Å². The summed E-state index contributed by atoms with van der Waals surface area (Å²) in [6.07, 6.45) is 0. The highest BCUT2D eigenvalue weighted by molar-refractivity contribution is 9.10. The molecular weight excluding hydrogens is 298 g/mol. The van der Waals surface area contributed by atoms with Crippen LogP contribution in [0.25, 0.3) is 11.1 Å². The molecule has 0 unspecified atom stereocenters. The molecule has 0 aliphatic carbocycles. The molecule has 1 heterocycles. The molecule has 2 aromatic rings. The zero-order valence-corrected chi connectivity index (χ0v) is 13.2. The Morgan fingerprint density at radius 2 is 1.84 bits per heavy atom. The van der Waals surface area contributed by atoms with E-state index in [2.05, 4.69) is 84.2 Å². The van der Waals surface area contributed by atoms with Crippen molar-refractivity contribution in [3.8, 4) is 11.1 Å². The van der Waals surface area contributed by atoms with Crippen molar-refractivity contribution in [2.24, 2.45) is 0 Å². The Kier molecular flexibility index (Phi) is 2.94. The van der Waals surface area contributed by atoms with E-state index in [1.807, 2.05) is 0 Å². The van der Waals surface area contributed by atoms with Gasteiger partial charge in [-0.2, -0.15) is 0 Å². The maximum atomic E-state index is 3.64. The second-order valence-corrected chi connectivity index (χ2v) is 6.81. The highest BCUT2D eigenvalue weighted by atomic mass is 79.9. The second-order valence-electron chi connectivity index (χ2n) is 5.95. The fraction of sp³-hybridized carbons (Fsp3) is 0.294. The zero-order valence-electron chi connectivity index (χ0n) is 11.6. The molecule has 0 spiro atoms. The van der Waals surface area contributed by atoms with E-state index in [1.165, 1.54) is 22.4 Å². The summed E-state index contributed by atoms with van der Waals surface area (Å²) in [6.45, 7) is 5.71. The van der Waals surface area contributed by atoms with Crippen LogP contribution in [-0.2, 0) is 5.41 Å². The van der Waals surface area contributed by atoms with E-state index in [0.717, 1.165) is 11.0 Å². The SMILES string of the molecule is CN1CC(C)(C)c2ccc(-c3ccccc3Br)cc21. The summed E-state index contributed by atoms with van der Waals surface area (Å²) in [5.41, 5.74) is 5.58. The molecule has 19 heavy (non-hydrogen) atoms. The summed E-state index contributed by atoms with van der Waals surface area (Å²) < 4.78 is 1.15. The van der Waals surface area contributed by atoms with E-state index in [0.29, 0.717) is 0 Å². The number of likely N-dealkylation sites (N-methyl/N-ethyl adjacent to an activating group) is 1. The Balaban J connectivity index is 2.14. The molecule has 0 saturated heterocycles. The lowest BCUT2D eigenvalue weighted by Crippen LogP contribution is -2.24. The predicted molar refractivity (Wildman–Crippen MR) is 85.9 cm³/mol. The highest BCUT2D eigenvalue weighted by Crippen LogP contribution is 2.42. The highest BCUT2D eigenvalue weighted by Gasteiger charge is 2.33. The molecule has 1 aliphatic rings. The van der Waals surface area contributed by atoms with Crippen molar-refractivity contribution in [3.63, 3.8) is 0 Å². The van der Waals surface area contributed by atoms with Gasteiger partial charge in [-0.25, -0.2) is 0 Å². The molecule has 0 saturated carbocycles. The normalized spacial score (nSPS) is 16.5. The topological polar surface area (TPSA) is 3.24 Å². The molecule has 3 rings (SSSR count). The van der Waals surface area contributed by atoms with Gasteiger partial charge in [-0.1, -0.05) is 60.1 Å². The minimum atomic E-state index is 0.247. The minimum absolute atomic E-state index is 0.247. The average Bonchev–Trinajstić information content (AvgIpc) is 2.60. The summed E-state index contributed by atoms with van der Waals surface area (Å²) in [5.74, 6) is 0. The largest absolute Gasteiger partial charge is 0.373 e. The molecule has 1 nitrogen and oxygen atoms in total. The number of anilines is 1. The van der Waals surface area contributed by atoms with Crippen molar-refractivity contribution in [2.45, 2.75) is 19.3 Å². The smallest absolute Gasteiger partial charge is 0.0408 e. The van der Waals surface area contributed by atoms with Gasteiger partial charge in [0.25, 0.3) is 0 Å². The zero-order chi connectivity index (χ0) is 13.6. The third kappa shape index (κ3) is 2.08. The summed E-state index contributed by atoms with van der Waals surface area (Å²) in [4.78, 5) is 2.36. The van der Waals surface area contributed by atoms with Crippen LogP contribution in [0.5, 0.6) is 0 Å². The van der Waals surface area contributed by atoms with Crippen LogP contribution in [0.2, 0.25) is 0 Å². The van der Waals surface area contributed by atoms with Crippen LogP contribution in [0.3, 0.4) is 0 Å². The van der Waals surface area contributed by atoms with Crippen LogP contribution in [0.1, 0.15) is 19.4 Å². The molecule has 0 N–H and O–H groups in total. The Hall–Kier alpha value is -1.28. The van der Waals surface area contributed by atoms with E-state index in [1.54, 1.807) is 0 Å². The number of benzene rings is 2. The number of nitrogens with zero attached hydrogens (tertiary/aromatic N) is 1. The van der Waals surface area contributed by atoms with Crippen molar-refractivity contribution in [1.82, 2.24) is 0 Å². The summed E-state index contributed by atoms with van der Waals surface area (Å²) in [6, 6.07) is 15.2. The molecule has 2 heteroatoms. The summed E-state index contributed by atoms with van der Waals surface area (Å²) in [5, 5.41) is 0. The van der Waals surface area contributed by atoms with Gasteiger partial charge in [0.05, 0.1) is 0 Å². The van der Waals surface area contributed by atoms with Gasteiger partial charge in [0.15, 0.2) is 0 Å². The Labute approximate surface area is 123 Å². The van der Waals surface area contributed by atoms with Gasteiger partial charge in [-0.3, -0.25) is 0 Å². The standard InChI is InChI=1S/C17H18BrN/c1-17(2)11-19(3)16-10-12(8-9-14(16)17)13-6-4-5-7-15(13)18/h4-10H,11H2,1-3H3.